The van der Waals surface area contributed by atoms with Gasteiger partial charge in [0.2, 0.25) is 0 Å². The van der Waals surface area contributed by atoms with Crippen molar-refractivity contribution in [2.45, 2.75) is 12.5 Å². The lowest BCUT2D eigenvalue weighted by Gasteiger charge is -1.98. The fraction of sp³-hybridized carbons (Fsp3) is 0.833. The first-order valence-corrected chi connectivity index (χ1v) is 3.16. The second-order valence-corrected chi connectivity index (χ2v) is 2.43. The van der Waals surface area contributed by atoms with Gasteiger partial charge in [-0.1, -0.05) is 0 Å². The number of hydrogen-bond donors (Lipinski definition) is 0. The largest absolute Gasteiger partial charge is 0.463 e. The number of ether oxygens (including phenoxy) is 2. The zero-order valence-electron chi connectivity index (χ0n) is 5.00. The molecule has 2 aliphatic rings. The van der Waals surface area contributed by atoms with Crippen molar-refractivity contribution in [1.82, 2.24) is 0 Å². The molecule has 0 saturated carbocycles. The zero-order chi connectivity index (χ0) is 6.27. The van der Waals surface area contributed by atoms with Crippen molar-refractivity contribution >= 4 is 5.97 Å². The summed E-state index contributed by atoms with van der Waals surface area (Å²) in [6.45, 7) is 1.20. The number of rotatable bonds is 0. The van der Waals surface area contributed by atoms with E-state index in [-0.39, 0.29) is 18.0 Å². The molecule has 3 heteroatoms. The molecule has 2 atom stereocenters. The highest BCUT2D eigenvalue weighted by Crippen LogP contribution is 2.27. The minimum absolute atomic E-state index is 0.0602. The van der Waals surface area contributed by atoms with Crippen LogP contribution in [0.3, 0.4) is 0 Å². The van der Waals surface area contributed by atoms with Crippen LogP contribution in [0.1, 0.15) is 6.42 Å². The van der Waals surface area contributed by atoms with Crippen LogP contribution >= 0.6 is 0 Å². The van der Waals surface area contributed by atoms with Crippen molar-refractivity contribution in [1.29, 1.82) is 0 Å². The normalized spacial score (nSPS) is 40.7. The summed E-state index contributed by atoms with van der Waals surface area (Å²) in [7, 11) is 0. The number of carbonyl (C=O) groups is 1. The molecule has 0 N–H and O–H groups in total. The van der Waals surface area contributed by atoms with Gasteiger partial charge in [0.1, 0.15) is 12.7 Å². The van der Waals surface area contributed by atoms with E-state index in [0.29, 0.717) is 6.61 Å². The lowest BCUT2D eigenvalue weighted by Crippen LogP contribution is -2.14. The molecule has 0 aromatic rings. The Morgan fingerprint density at radius 1 is 1.56 bits per heavy atom. The van der Waals surface area contributed by atoms with Crippen LogP contribution in [0.15, 0.2) is 0 Å². The van der Waals surface area contributed by atoms with Gasteiger partial charge in [-0.3, -0.25) is 4.79 Å². The molecule has 9 heavy (non-hydrogen) atoms. The maximum Gasteiger partial charge on any atom is 0.311 e. The highest BCUT2D eigenvalue weighted by molar-refractivity contribution is 5.75. The van der Waals surface area contributed by atoms with Crippen molar-refractivity contribution in [3.63, 3.8) is 0 Å². The lowest BCUT2D eigenvalue weighted by atomic mass is 10.1. The Balaban J connectivity index is 2.15. The summed E-state index contributed by atoms with van der Waals surface area (Å²) in [6.07, 6.45) is 0.932. The van der Waals surface area contributed by atoms with Gasteiger partial charge < -0.3 is 9.47 Å². The monoisotopic (exact) mass is 128 g/mol. The molecule has 2 fully saturated rings. The van der Waals surface area contributed by atoms with Crippen LogP contribution in [-0.4, -0.2) is 25.3 Å². The van der Waals surface area contributed by atoms with Gasteiger partial charge in [0.05, 0.1) is 5.92 Å². The quantitative estimate of drug-likeness (QED) is 0.429. The fourth-order valence-corrected chi connectivity index (χ4v) is 1.35. The zero-order valence-corrected chi connectivity index (χ0v) is 5.00. The molecule has 2 saturated heterocycles. The smallest absolute Gasteiger partial charge is 0.311 e. The van der Waals surface area contributed by atoms with E-state index in [1.807, 2.05) is 0 Å². The van der Waals surface area contributed by atoms with Crippen LogP contribution in [0.2, 0.25) is 0 Å². The average molecular weight is 128 g/mol. The Morgan fingerprint density at radius 3 is 3.22 bits per heavy atom. The van der Waals surface area contributed by atoms with Gasteiger partial charge >= 0.3 is 5.97 Å². The third-order valence-corrected chi connectivity index (χ3v) is 1.90. The first-order valence-electron chi connectivity index (χ1n) is 3.16. The molecule has 0 radical (unpaired) electrons. The molecule has 2 heterocycles. The first kappa shape index (κ1) is 5.23. The molecule has 50 valence electrons. The minimum atomic E-state index is -0.0718. The van der Waals surface area contributed by atoms with E-state index in [1.54, 1.807) is 0 Å². The Kier molecular flexibility index (Phi) is 0.990. The standard InChI is InChI=1S/C6H8O3/c7-6-4-1-2-8-5(4)3-9-6/h4-5H,1-3H2/t4-,5-/m1/s1. The number of hydrogen-bond acceptors (Lipinski definition) is 3. The minimum Gasteiger partial charge on any atom is -0.463 e. The van der Waals surface area contributed by atoms with E-state index in [9.17, 15) is 4.79 Å². The van der Waals surface area contributed by atoms with E-state index in [2.05, 4.69) is 0 Å². The van der Waals surface area contributed by atoms with Crippen LogP contribution in [0.25, 0.3) is 0 Å². The summed E-state index contributed by atoms with van der Waals surface area (Å²) < 4.78 is 9.96. The SMILES string of the molecule is O=C1OC[C@H]2OCC[C@@H]12. The van der Waals surface area contributed by atoms with E-state index in [4.69, 9.17) is 9.47 Å². The molecule has 3 nitrogen and oxygen atoms in total. The number of carbonyl (C=O) groups excluding carboxylic acids is 1. The highest BCUT2D eigenvalue weighted by atomic mass is 16.6. The number of esters is 1. The lowest BCUT2D eigenvalue weighted by molar-refractivity contribution is -0.141. The molecule has 2 rings (SSSR count). The van der Waals surface area contributed by atoms with Gasteiger partial charge in [-0.05, 0) is 6.42 Å². The molecule has 0 amide bonds. The van der Waals surface area contributed by atoms with Crippen LogP contribution in [0, 0.1) is 5.92 Å². The number of cyclic esters (lactones) is 1. The summed E-state index contributed by atoms with van der Waals surface area (Å²) in [5.74, 6) is -0.0116. The molecule has 0 unspecified atom stereocenters. The second-order valence-electron chi connectivity index (χ2n) is 2.43. The van der Waals surface area contributed by atoms with Crippen molar-refractivity contribution in [3.8, 4) is 0 Å². The van der Waals surface area contributed by atoms with Gasteiger partial charge in [0.25, 0.3) is 0 Å². The van der Waals surface area contributed by atoms with Crippen molar-refractivity contribution < 1.29 is 14.3 Å². The van der Waals surface area contributed by atoms with E-state index in [0.717, 1.165) is 13.0 Å². The van der Waals surface area contributed by atoms with Crippen LogP contribution in [0.4, 0.5) is 0 Å². The maximum atomic E-state index is 10.8. The average Bonchev–Trinajstić information content (AvgIpc) is 2.35. The highest BCUT2D eigenvalue weighted by Gasteiger charge is 2.41. The summed E-state index contributed by atoms with van der Waals surface area (Å²) in [5.41, 5.74) is 0. The second kappa shape index (κ2) is 1.70. The van der Waals surface area contributed by atoms with Gasteiger partial charge in [-0.2, -0.15) is 0 Å². The van der Waals surface area contributed by atoms with Crippen LogP contribution < -0.4 is 0 Å². The Hall–Kier alpha value is -0.570. The first-order chi connectivity index (χ1) is 4.38. The Bertz CT molecular complexity index is 143. The Morgan fingerprint density at radius 2 is 2.44 bits per heavy atom. The molecule has 0 aromatic heterocycles. The van der Waals surface area contributed by atoms with Gasteiger partial charge in [0.15, 0.2) is 0 Å². The van der Waals surface area contributed by atoms with Gasteiger partial charge in [-0.25, -0.2) is 0 Å². The van der Waals surface area contributed by atoms with E-state index in [1.165, 1.54) is 0 Å². The summed E-state index contributed by atoms with van der Waals surface area (Å²) in [5, 5.41) is 0. The van der Waals surface area contributed by atoms with Crippen molar-refractivity contribution in [2.24, 2.45) is 5.92 Å². The van der Waals surface area contributed by atoms with Crippen molar-refractivity contribution in [3.05, 3.63) is 0 Å². The van der Waals surface area contributed by atoms with Gasteiger partial charge in [0, 0.05) is 6.61 Å². The molecule has 0 spiro atoms. The summed E-state index contributed by atoms with van der Waals surface area (Å²) >= 11 is 0. The predicted octanol–water partition coefficient (Wildman–Crippen LogP) is -0.0517. The third-order valence-electron chi connectivity index (χ3n) is 1.90. The topological polar surface area (TPSA) is 35.5 Å². The molecule has 2 aliphatic heterocycles. The summed E-state index contributed by atoms with van der Waals surface area (Å²) in [6, 6.07) is 0. The molecule has 0 bridgehead atoms. The third kappa shape index (κ3) is 0.645. The fourth-order valence-electron chi connectivity index (χ4n) is 1.35. The molecule has 0 aliphatic carbocycles. The molecular weight excluding hydrogens is 120 g/mol. The molecule has 0 aromatic carbocycles. The van der Waals surface area contributed by atoms with E-state index < -0.39 is 0 Å². The predicted molar refractivity (Wildman–Crippen MR) is 28.8 cm³/mol. The van der Waals surface area contributed by atoms with Crippen LogP contribution in [-0.2, 0) is 14.3 Å². The van der Waals surface area contributed by atoms with Crippen molar-refractivity contribution in [2.75, 3.05) is 13.2 Å². The number of fused-ring (bicyclic) bond motifs is 1. The molecular formula is C6H8O3. The Labute approximate surface area is 52.9 Å². The summed E-state index contributed by atoms with van der Waals surface area (Å²) in [4.78, 5) is 10.8. The van der Waals surface area contributed by atoms with E-state index >= 15 is 0 Å². The maximum absolute atomic E-state index is 10.8. The van der Waals surface area contributed by atoms with Crippen LogP contribution in [0.5, 0.6) is 0 Å². The van der Waals surface area contributed by atoms with Gasteiger partial charge in [-0.15, -0.1) is 0 Å².